The van der Waals surface area contributed by atoms with Crippen molar-refractivity contribution in [1.82, 2.24) is 9.27 Å². The number of piperidine rings is 1. The third-order valence-corrected chi connectivity index (χ3v) is 5.21. The van der Waals surface area contributed by atoms with Gasteiger partial charge in [0.05, 0.1) is 5.69 Å². The fourth-order valence-corrected chi connectivity index (χ4v) is 3.78. The van der Waals surface area contributed by atoms with Crippen LogP contribution in [0.5, 0.6) is 0 Å². The monoisotopic (exact) mass is 346 g/mol. The molecule has 1 saturated heterocycles. The number of anilines is 1. The van der Waals surface area contributed by atoms with Crippen molar-refractivity contribution in [3.63, 3.8) is 0 Å². The zero-order chi connectivity index (χ0) is 17.7. The lowest BCUT2D eigenvalue weighted by Gasteiger charge is -2.33. The maximum absolute atomic E-state index is 13.0. The Morgan fingerprint density at radius 2 is 2.17 bits per heavy atom. The van der Waals surface area contributed by atoms with E-state index in [1.807, 2.05) is 6.92 Å². The van der Waals surface area contributed by atoms with Crippen LogP contribution in [0.1, 0.15) is 37.4 Å². The Balaban J connectivity index is 2.14. The first-order chi connectivity index (χ1) is 11.5. The second-order valence-electron chi connectivity index (χ2n) is 5.85. The summed E-state index contributed by atoms with van der Waals surface area (Å²) in [5.74, 6) is -0.182. The lowest BCUT2D eigenvalue weighted by atomic mass is 9.95. The van der Waals surface area contributed by atoms with Gasteiger partial charge in [0.2, 0.25) is 11.8 Å². The fourth-order valence-electron chi connectivity index (χ4n) is 2.90. The van der Waals surface area contributed by atoms with Gasteiger partial charge in [0.1, 0.15) is 16.6 Å². The van der Waals surface area contributed by atoms with Crippen molar-refractivity contribution < 1.29 is 9.59 Å². The predicted octanol–water partition coefficient (Wildman–Crippen LogP) is 2.49. The topological polar surface area (TPSA) is 77.3 Å². The number of carbonyl (C=O) groups is 2. The molecule has 0 spiro atoms. The van der Waals surface area contributed by atoms with Crippen LogP contribution in [0.4, 0.5) is 5.00 Å². The van der Waals surface area contributed by atoms with Gasteiger partial charge in [-0.3, -0.25) is 9.59 Å². The molecule has 0 aliphatic carbocycles. The second kappa shape index (κ2) is 8.06. The minimum Gasteiger partial charge on any atom is -0.339 e. The number of nitrogens with zero attached hydrogens (tertiary/aromatic N) is 4. The van der Waals surface area contributed by atoms with Crippen molar-refractivity contribution in [3.8, 4) is 6.07 Å². The quantitative estimate of drug-likeness (QED) is 0.768. The Hall–Kier alpha value is -2.20. The summed E-state index contributed by atoms with van der Waals surface area (Å²) in [6.07, 6.45) is 3.39. The molecule has 0 N–H and O–H groups in total. The van der Waals surface area contributed by atoms with E-state index < -0.39 is 0 Å². The van der Waals surface area contributed by atoms with Gasteiger partial charge in [-0.1, -0.05) is 13.5 Å². The van der Waals surface area contributed by atoms with E-state index in [0.717, 1.165) is 6.42 Å². The second-order valence-corrected chi connectivity index (χ2v) is 6.61. The molecule has 0 bridgehead atoms. The van der Waals surface area contributed by atoms with Crippen LogP contribution >= 0.6 is 11.5 Å². The van der Waals surface area contributed by atoms with Gasteiger partial charge in [-0.05, 0) is 43.8 Å². The van der Waals surface area contributed by atoms with Crippen molar-refractivity contribution >= 4 is 28.3 Å². The highest BCUT2D eigenvalue weighted by Crippen LogP contribution is 2.31. The van der Waals surface area contributed by atoms with Crippen LogP contribution in [0.15, 0.2) is 12.7 Å². The number of hydrogen-bond acceptors (Lipinski definition) is 5. The Morgan fingerprint density at radius 3 is 2.71 bits per heavy atom. The van der Waals surface area contributed by atoms with Crippen LogP contribution in [-0.4, -0.2) is 40.7 Å². The number of amides is 2. The first-order valence-corrected chi connectivity index (χ1v) is 8.89. The van der Waals surface area contributed by atoms with Gasteiger partial charge in [-0.15, -0.1) is 0 Å². The Morgan fingerprint density at radius 1 is 1.50 bits per heavy atom. The zero-order valence-electron chi connectivity index (χ0n) is 14.1. The summed E-state index contributed by atoms with van der Waals surface area (Å²) in [5, 5.41) is 9.99. The summed E-state index contributed by atoms with van der Waals surface area (Å²) >= 11 is 1.20. The first-order valence-electron chi connectivity index (χ1n) is 8.12. The molecule has 128 valence electrons. The average molecular weight is 346 g/mol. The minimum absolute atomic E-state index is 0.0303. The summed E-state index contributed by atoms with van der Waals surface area (Å²) in [7, 11) is 0. The lowest BCUT2D eigenvalue weighted by molar-refractivity contribution is -0.131. The van der Waals surface area contributed by atoms with Gasteiger partial charge >= 0.3 is 0 Å². The number of rotatable bonds is 5. The van der Waals surface area contributed by atoms with Crippen LogP contribution in [0.25, 0.3) is 0 Å². The molecule has 0 unspecified atom stereocenters. The average Bonchev–Trinajstić information content (AvgIpc) is 2.98. The van der Waals surface area contributed by atoms with Gasteiger partial charge in [0, 0.05) is 25.6 Å². The first kappa shape index (κ1) is 18.1. The van der Waals surface area contributed by atoms with E-state index in [4.69, 9.17) is 0 Å². The van der Waals surface area contributed by atoms with Crippen molar-refractivity contribution in [2.75, 3.05) is 24.5 Å². The molecule has 1 aromatic heterocycles. The van der Waals surface area contributed by atoms with Crippen LogP contribution in [0.3, 0.4) is 0 Å². The number of aromatic nitrogens is 1. The maximum Gasteiger partial charge on any atom is 0.245 e. The number of aryl methyl sites for hydroxylation is 1. The van der Waals surface area contributed by atoms with Crippen LogP contribution in [-0.2, 0) is 9.59 Å². The highest BCUT2D eigenvalue weighted by molar-refractivity contribution is 7.10. The largest absolute Gasteiger partial charge is 0.339 e. The molecule has 0 saturated carbocycles. The Kier molecular flexibility index (Phi) is 6.10. The number of likely N-dealkylation sites (tertiary alicyclic amines) is 1. The highest BCUT2D eigenvalue weighted by Gasteiger charge is 2.32. The molecule has 2 rings (SSSR count). The normalized spacial score (nSPS) is 15.0. The molecule has 1 aliphatic heterocycles. The van der Waals surface area contributed by atoms with Crippen molar-refractivity contribution in [2.45, 2.75) is 33.1 Å². The SMILES string of the molecule is C=CC(=O)N1CCC(C(=O)N(CCC)c2snc(C)c2C#N)CC1. The van der Waals surface area contributed by atoms with E-state index >= 15 is 0 Å². The van der Waals surface area contributed by atoms with Crippen molar-refractivity contribution in [1.29, 1.82) is 5.26 Å². The molecule has 2 amide bonds. The molecule has 0 radical (unpaired) electrons. The Bertz CT molecular complexity index is 669. The van der Waals surface area contributed by atoms with Crippen LogP contribution in [0, 0.1) is 24.2 Å². The van der Waals surface area contributed by atoms with Crippen LogP contribution in [0.2, 0.25) is 0 Å². The molecule has 0 aromatic carbocycles. The smallest absolute Gasteiger partial charge is 0.245 e. The van der Waals surface area contributed by atoms with E-state index in [2.05, 4.69) is 17.0 Å². The number of nitriles is 1. The summed E-state index contributed by atoms with van der Waals surface area (Å²) in [5.41, 5.74) is 1.15. The van der Waals surface area contributed by atoms with Crippen molar-refractivity contribution in [3.05, 3.63) is 23.9 Å². The maximum atomic E-state index is 13.0. The van der Waals surface area contributed by atoms with E-state index in [0.29, 0.717) is 48.7 Å². The van der Waals surface area contributed by atoms with E-state index in [1.165, 1.54) is 17.6 Å². The highest BCUT2D eigenvalue weighted by atomic mass is 32.1. The van der Waals surface area contributed by atoms with Crippen LogP contribution < -0.4 is 4.90 Å². The van der Waals surface area contributed by atoms with E-state index in [9.17, 15) is 14.9 Å². The molecule has 1 aliphatic rings. The predicted molar refractivity (Wildman–Crippen MR) is 93.7 cm³/mol. The van der Waals surface area contributed by atoms with Gasteiger partial charge < -0.3 is 9.80 Å². The molecular formula is C17H22N4O2S. The molecule has 1 aromatic rings. The van der Waals surface area contributed by atoms with E-state index in [-0.39, 0.29) is 17.7 Å². The van der Waals surface area contributed by atoms with Gasteiger partial charge in [0.25, 0.3) is 0 Å². The van der Waals surface area contributed by atoms with Gasteiger partial charge in [-0.25, -0.2) is 0 Å². The molecule has 1 fully saturated rings. The molecule has 6 nitrogen and oxygen atoms in total. The number of carbonyl (C=O) groups excluding carboxylic acids is 2. The number of hydrogen-bond donors (Lipinski definition) is 0. The molecule has 24 heavy (non-hydrogen) atoms. The van der Waals surface area contributed by atoms with Crippen molar-refractivity contribution in [2.24, 2.45) is 5.92 Å². The van der Waals surface area contributed by atoms with E-state index in [1.54, 1.807) is 16.7 Å². The summed E-state index contributed by atoms with van der Waals surface area (Å²) < 4.78 is 4.23. The summed E-state index contributed by atoms with van der Waals surface area (Å²) in [4.78, 5) is 28.1. The third kappa shape index (κ3) is 3.65. The molecular weight excluding hydrogens is 324 g/mol. The molecule has 7 heteroatoms. The summed E-state index contributed by atoms with van der Waals surface area (Å²) in [6, 6.07) is 2.16. The standard InChI is InChI=1S/C17H22N4O2S/c1-4-8-21(17-14(11-18)12(3)19-24-17)16(23)13-6-9-20(10-7-13)15(22)5-2/h5,13H,2,4,6-10H2,1,3H3. The fraction of sp³-hybridized carbons (Fsp3) is 0.529. The Labute approximate surface area is 146 Å². The van der Waals surface area contributed by atoms with Gasteiger partial charge in [-0.2, -0.15) is 9.64 Å². The molecule has 2 heterocycles. The third-order valence-electron chi connectivity index (χ3n) is 4.25. The molecule has 0 atom stereocenters. The lowest BCUT2D eigenvalue weighted by Crippen LogP contribution is -2.44. The minimum atomic E-state index is -0.126. The van der Waals surface area contributed by atoms with Gasteiger partial charge in [0.15, 0.2) is 0 Å². The summed E-state index contributed by atoms with van der Waals surface area (Å²) in [6.45, 7) is 8.99. The zero-order valence-corrected chi connectivity index (χ0v) is 14.9.